The summed E-state index contributed by atoms with van der Waals surface area (Å²) in [5.41, 5.74) is -0.519. The monoisotopic (exact) mass is 215 g/mol. The Morgan fingerprint density at radius 3 is 2.47 bits per heavy atom. The van der Waals surface area contributed by atoms with E-state index in [0.717, 1.165) is 25.8 Å². The number of methoxy groups -OCH3 is 1. The molecule has 0 aromatic carbocycles. The fraction of sp³-hybridized carbons (Fsp3) is 0.917. The van der Waals surface area contributed by atoms with E-state index in [4.69, 9.17) is 4.74 Å². The molecule has 0 aliphatic carbocycles. The third-order valence-electron chi connectivity index (χ3n) is 2.62. The maximum atomic E-state index is 11.7. The van der Waals surface area contributed by atoms with Gasteiger partial charge in [0.25, 0.3) is 0 Å². The van der Waals surface area contributed by atoms with Crippen molar-refractivity contribution >= 4 is 5.97 Å². The van der Waals surface area contributed by atoms with Crippen molar-refractivity contribution in [3.8, 4) is 0 Å². The number of carbonyl (C=O) groups is 1. The maximum absolute atomic E-state index is 11.7. The van der Waals surface area contributed by atoms with Crippen molar-refractivity contribution in [1.29, 1.82) is 0 Å². The van der Waals surface area contributed by atoms with Crippen LogP contribution in [0.4, 0.5) is 0 Å². The molecule has 1 unspecified atom stereocenters. The minimum Gasteiger partial charge on any atom is -0.468 e. The summed E-state index contributed by atoms with van der Waals surface area (Å²) < 4.78 is 4.84. The molecule has 1 N–H and O–H groups in total. The van der Waals surface area contributed by atoms with Crippen LogP contribution in [0.5, 0.6) is 0 Å². The highest BCUT2D eigenvalue weighted by Crippen LogP contribution is 2.18. The molecule has 0 aromatic rings. The number of hydrogen-bond donors (Lipinski definition) is 1. The Morgan fingerprint density at radius 1 is 1.47 bits per heavy atom. The molecule has 0 fully saturated rings. The van der Waals surface area contributed by atoms with Crippen molar-refractivity contribution in [3.63, 3.8) is 0 Å². The van der Waals surface area contributed by atoms with Gasteiger partial charge >= 0.3 is 5.97 Å². The molecule has 0 amide bonds. The van der Waals surface area contributed by atoms with Crippen molar-refractivity contribution in [1.82, 2.24) is 5.32 Å². The zero-order valence-electron chi connectivity index (χ0n) is 10.7. The first-order valence-corrected chi connectivity index (χ1v) is 5.79. The predicted octanol–water partition coefficient (Wildman–Crippen LogP) is 2.35. The van der Waals surface area contributed by atoms with Gasteiger partial charge in [-0.15, -0.1) is 0 Å². The molecule has 0 aromatic heterocycles. The molecular formula is C12H25NO2. The summed E-state index contributed by atoms with van der Waals surface area (Å²) in [6.07, 6.45) is 2.88. The van der Waals surface area contributed by atoms with Crippen LogP contribution in [0.1, 0.15) is 47.0 Å². The highest BCUT2D eigenvalue weighted by Gasteiger charge is 2.33. The van der Waals surface area contributed by atoms with E-state index in [0.29, 0.717) is 5.92 Å². The standard InChI is InChI=1S/C12H25NO2/c1-6-9-13-12(4,11(14)15-5)8-7-10(2)3/h10,13H,6-9H2,1-5H3. The highest BCUT2D eigenvalue weighted by molar-refractivity contribution is 5.80. The Bertz CT molecular complexity index is 192. The highest BCUT2D eigenvalue weighted by atomic mass is 16.5. The predicted molar refractivity (Wildman–Crippen MR) is 62.8 cm³/mol. The van der Waals surface area contributed by atoms with Gasteiger partial charge in [-0.3, -0.25) is 4.79 Å². The zero-order chi connectivity index (χ0) is 11.9. The van der Waals surface area contributed by atoms with Crippen molar-refractivity contribution in [2.75, 3.05) is 13.7 Å². The first-order valence-electron chi connectivity index (χ1n) is 5.79. The quantitative estimate of drug-likeness (QED) is 0.662. The van der Waals surface area contributed by atoms with E-state index in [2.05, 4.69) is 26.1 Å². The Balaban J connectivity index is 4.33. The number of hydrogen-bond acceptors (Lipinski definition) is 3. The van der Waals surface area contributed by atoms with E-state index < -0.39 is 5.54 Å². The van der Waals surface area contributed by atoms with Crippen molar-refractivity contribution in [2.45, 2.75) is 52.5 Å². The molecule has 15 heavy (non-hydrogen) atoms. The lowest BCUT2D eigenvalue weighted by Crippen LogP contribution is -2.50. The molecule has 0 saturated heterocycles. The molecule has 3 heteroatoms. The number of ether oxygens (including phenoxy) is 1. The Hall–Kier alpha value is -0.570. The fourth-order valence-electron chi connectivity index (χ4n) is 1.47. The van der Waals surface area contributed by atoms with Crippen LogP contribution in [0.15, 0.2) is 0 Å². The molecular weight excluding hydrogens is 190 g/mol. The van der Waals surface area contributed by atoms with Gasteiger partial charge in [0.2, 0.25) is 0 Å². The van der Waals surface area contributed by atoms with E-state index in [9.17, 15) is 4.79 Å². The lowest BCUT2D eigenvalue weighted by atomic mass is 9.92. The van der Waals surface area contributed by atoms with Crippen LogP contribution in [0.25, 0.3) is 0 Å². The zero-order valence-corrected chi connectivity index (χ0v) is 10.7. The second kappa shape index (κ2) is 6.83. The van der Waals surface area contributed by atoms with Gasteiger partial charge in [-0.2, -0.15) is 0 Å². The van der Waals surface area contributed by atoms with Gasteiger partial charge in [-0.05, 0) is 38.6 Å². The van der Waals surface area contributed by atoms with Gasteiger partial charge < -0.3 is 10.1 Å². The molecule has 0 aliphatic rings. The summed E-state index contributed by atoms with van der Waals surface area (Å²) in [7, 11) is 1.45. The Labute approximate surface area is 93.6 Å². The van der Waals surface area contributed by atoms with Gasteiger partial charge in [0.15, 0.2) is 0 Å². The largest absolute Gasteiger partial charge is 0.468 e. The molecule has 0 radical (unpaired) electrons. The molecule has 0 rings (SSSR count). The third kappa shape index (κ3) is 5.17. The Kier molecular flexibility index (Phi) is 6.57. The summed E-state index contributed by atoms with van der Waals surface area (Å²) in [6, 6.07) is 0. The summed E-state index contributed by atoms with van der Waals surface area (Å²) in [6.45, 7) is 9.20. The number of carbonyl (C=O) groups excluding carboxylic acids is 1. The molecule has 0 spiro atoms. The molecule has 0 aliphatic heterocycles. The van der Waals surface area contributed by atoms with Crippen LogP contribution in [-0.2, 0) is 9.53 Å². The summed E-state index contributed by atoms with van der Waals surface area (Å²) in [5, 5.41) is 3.28. The molecule has 1 atom stereocenters. The normalized spacial score (nSPS) is 15.1. The lowest BCUT2D eigenvalue weighted by Gasteiger charge is -2.28. The van der Waals surface area contributed by atoms with Gasteiger partial charge in [-0.1, -0.05) is 20.8 Å². The summed E-state index contributed by atoms with van der Waals surface area (Å²) >= 11 is 0. The number of rotatable bonds is 7. The van der Waals surface area contributed by atoms with E-state index in [-0.39, 0.29) is 5.97 Å². The van der Waals surface area contributed by atoms with E-state index in [1.807, 2.05) is 6.92 Å². The average molecular weight is 215 g/mol. The van der Waals surface area contributed by atoms with Crippen LogP contribution in [0.3, 0.4) is 0 Å². The van der Waals surface area contributed by atoms with Crippen LogP contribution >= 0.6 is 0 Å². The molecule has 0 bridgehead atoms. The summed E-state index contributed by atoms with van der Waals surface area (Å²) in [4.78, 5) is 11.7. The third-order valence-corrected chi connectivity index (χ3v) is 2.62. The summed E-state index contributed by atoms with van der Waals surface area (Å²) in [5.74, 6) is 0.453. The van der Waals surface area contributed by atoms with Crippen LogP contribution < -0.4 is 5.32 Å². The minimum atomic E-state index is -0.519. The molecule has 0 heterocycles. The van der Waals surface area contributed by atoms with Gasteiger partial charge in [-0.25, -0.2) is 0 Å². The second-order valence-corrected chi connectivity index (χ2v) is 4.68. The average Bonchev–Trinajstić information content (AvgIpc) is 2.22. The minimum absolute atomic E-state index is 0.156. The smallest absolute Gasteiger partial charge is 0.325 e. The topological polar surface area (TPSA) is 38.3 Å². The number of nitrogens with one attached hydrogen (secondary N) is 1. The molecule has 0 saturated carbocycles. The number of esters is 1. The second-order valence-electron chi connectivity index (χ2n) is 4.68. The van der Waals surface area contributed by atoms with Gasteiger partial charge in [0.05, 0.1) is 7.11 Å². The van der Waals surface area contributed by atoms with E-state index >= 15 is 0 Å². The van der Waals surface area contributed by atoms with E-state index in [1.165, 1.54) is 7.11 Å². The van der Waals surface area contributed by atoms with Crippen molar-refractivity contribution in [2.24, 2.45) is 5.92 Å². The fourth-order valence-corrected chi connectivity index (χ4v) is 1.47. The lowest BCUT2D eigenvalue weighted by molar-refractivity contribution is -0.148. The first-order chi connectivity index (χ1) is 6.96. The van der Waals surface area contributed by atoms with Crippen LogP contribution in [0.2, 0.25) is 0 Å². The SMILES string of the molecule is CCCNC(C)(CCC(C)C)C(=O)OC. The van der Waals surface area contributed by atoms with Crippen LogP contribution in [-0.4, -0.2) is 25.2 Å². The van der Waals surface area contributed by atoms with Gasteiger partial charge in [0, 0.05) is 0 Å². The molecule has 90 valence electrons. The van der Waals surface area contributed by atoms with Crippen molar-refractivity contribution in [3.05, 3.63) is 0 Å². The first kappa shape index (κ1) is 14.4. The van der Waals surface area contributed by atoms with Crippen molar-refractivity contribution < 1.29 is 9.53 Å². The van der Waals surface area contributed by atoms with Gasteiger partial charge in [0.1, 0.15) is 5.54 Å². The Morgan fingerprint density at radius 2 is 2.07 bits per heavy atom. The van der Waals surface area contributed by atoms with E-state index in [1.54, 1.807) is 0 Å². The van der Waals surface area contributed by atoms with Crippen LogP contribution in [0, 0.1) is 5.92 Å². The maximum Gasteiger partial charge on any atom is 0.325 e. The molecule has 3 nitrogen and oxygen atoms in total.